The Morgan fingerprint density at radius 3 is 2.90 bits per heavy atom. The van der Waals surface area contributed by atoms with Crippen molar-refractivity contribution in [2.45, 2.75) is 19.3 Å². The minimum absolute atomic E-state index is 0.246. The summed E-state index contributed by atoms with van der Waals surface area (Å²) in [6.07, 6.45) is 0. The minimum Gasteiger partial charge on any atom is -0.340 e. The molecular formula is C13H10ClN5O. The summed E-state index contributed by atoms with van der Waals surface area (Å²) in [5, 5.41) is 13.0. The van der Waals surface area contributed by atoms with Gasteiger partial charge in [0.15, 0.2) is 5.82 Å². The second-order valence-corrected chi connectivity index (χ2v) is 4.53. The molecule has 0 bridgehead atoms. The van der Waals surface area contributed by atoms with Crippen molar-refractivity contribution in [1.29, 1.82) is 5.26 Å². The van der Waals surface area contributed by atoms with Gasteiger partial charge in [-0.05, 0) is 12.1 Å². The third kappa shape index (κ3) is 2.02. The van der Waals surface area contributed by atoms with Crippen LogP contribution in [0.1, 0.15) is 23.1 Å². The molecule has 0 amide bonds. The molecule has 0 atom stereocenters. The van der Waals surface area contributed by atoms with Crippen LogP contribution in [0.4, 0.5) is 0 Å². The van der Waals surface area contributed by atoms with Crippen molar-refractivity contribution in [3.05, 3.63) is 41.3 Å². The Kier molecular flexibility index (Phi) is 3.12. The van der Waals surface area contributed by atoms with Crippen molar-refractivity contribution in [2.24, 2.45) is 0 Å². The third-order valence-electron chi connectivity index (χ3n) is 2.97. The maximum atomic E-state index is 9.13. The quantitative estimate of drug-likeness (QED) is 0.691. The second kappa shape index (κ2) is 4.94. The first-order valence-electron chi connectivity index (χ1n) is 5.96. The van der Waals surface area contributed by atoms with Crippen LogP contribution in [0.25, 0.3) is 11.0 Å². The number of imidazole rings is 1. The van der Waals surface area contributed by atoms with Gasteiger partial charge in [-0.2, -0.15) is 10.2 Å². The maximum absolute atomic E-state index is 9.13. The van der Waals surface area contributed by atoms with Crippen LogP contribution in [0.3, 0.4) is 0 Å². The summed E-state index contributed by atoms with van der Waals surface area (Å²) in [4.78, 5) is 8.60. The van der Waals surface area contributed by atoms with Gasteiger partial charge in [-0.3, -0.25) is 0 Å². The van der Waals surface area contributed by atoms with Gasteiger partial charge in [-0.25, -0.2) is 4.98 Å². The molecule has 2 aromatic heterocycles. The summed E-state index contributed by atoms with van der Waals surface area (Å²) in [7, 11) is 0. The van der Waals surface area contributed by atoms with E-state index >= 15 is 0 Å². The monoisotopic (exact) mass is 287 g/mol. The number of para-hydroxylation sites is 1. The lowest BCUT2D eigenvalue weighted by molar-refractivity contribution is 0.386. The van der Waals surface area contributed by atoms with E-state index < -0.39 is 0 Å². The number of aromatic nitrogens is 4. The second-order valence-electron chi connectivity index (χ2n) is 4.26. The number of aryl methyl sites for hydroxylation is 1. The highest BCUT2D eigenvalue weighted by atomic mass is 35.5. The molecule has 3 aromatic rings. The van der Waals surface area contributed by atoms with Crippen LogP contribution < -0.4 is 0 Å². The van der Waals surface area contributed by atoms with Crippen molar-refractivity contribution in [1.82, 2.24) is 19.7 Å². The predicted molar refractivity (Wildman–Crippen MR) is 72.1 cm³/mol. The summed E-state index contributed by atoms with van der Waals surface area (Å²) in [6, 6.07) is 7.58. The lowest BCUT2D eigenvalue weighted by Gasteiger charge is -2.03. The average Bonchev–Trinajstić information content (AvgIpc) is 3.03. The number of fused-ring (bicyclic) bond motifs is 1. The highest BCUT2D eigenvalue weighted by molar-refractivity contribution is 6.16. The zero-order valence-corrected chi connectivity index (χ0v) is 11.4. The van der Waals surface area contributed by atoms with Crippen molar-refractivity contribution in [2.75, 3.05) is 0 Å². The average molecular weight is 288 g/mol. The largest absolute Gasteiger partial charge is 0.340 e. The fraction of sp³-hybridized carbons (Fsp3) is 0.231. The van der Waals surface area contributed by atoms with Crippen molar-refractivity contribution in [3.63, 3.8) is 0 Å². The van der Waals surface area contributed by atoms with E-state index in [1.165, 1.54) is 0 Å². The number of halogens is 1. The van der Waals surface area contributed by atoms with Crippen LogP contribution >= 0.6 is 11.6 Å². The molecule has 0 radical (unpaired) electrons. The molecule has 20 heavy (non-hydrogen) atoms. The standard InChI is InChI=1S/C13H10ClN5O/c1-8-16-11(18-20-8)7-19-10-4-2-3-9(6-15)13(10)17-12(19)5-14/h2-4H,5,7H2,1H3. The molecule has 1 aromatic carbocycles. The lowest BCUT2D eigenvalue weighted by atomic mass is 10.2. The molecule has 0 fully saturated rings. The summed E-state index contributed by atoms with van der Waals surface area (Å²) in [5.41, 5.74) is 2.00. The molecule has 0 aliphatic rings. The summed E-state index contributed by atoms with van der Waals surface area (Å²) < 4.78 is 6.86. The molecule has 0 spiro atoms. The highest BCUT2D eigenvalue weighted by Gasteiger charge is 2.15. The van der Waals surface area contributed by atoms with Crippen LogP contribution in [-0.2, 0) is 12.4 Å². The van der Waals surface area contributed by atoms with Gasteiger partial charge in [-0.15, -0.1) is 11.6 Å². The van der Waals surface area contributed by atoms with Gasteiger partial charge in [0.2, 0.25) is 5.89 Å². The van der Waals surface area contributed by atoms with E-state index in [0.29, 0.717) is 35.2 Å². The predicted octanol–water partition coefficient (Wildman–Crippen LogP) is 2.39. The zero-order chi connectivity index (χ0) is 14.1. The first-order valence-corrected chi connectivity index (χ1v) is 6.49. The first-order chi connectivity index (χ1) is 9.72. The van der Waals surface area contributed by atoms with E-state index in [1.54, 1.807) is 13.0 Å². The Bertz CT molecular complexity index is 814. The molecule has 6 nitrogen and oxygen atoms in total. The SMILES string of the molecule is Cc1nc(Cn2c(CCl)nc3c(C#N)cccc32)no1. The van der Waals surface area contributed by atoms with E-state index in [0.717, 1.165) is 5.52 Å². The Balaban J connectivity index is 2.16. The number of nitriles is 1. The van der Waals surface area contributed by atoms with Crippen LogP contribution in [0.5, 0.6) is 0 Å². The lowest BCUT2D eigenvalue weighted by Crippen LogP contribution is -2.05. The van der Waals surface area contributed by atoms with Gasteiger partial charge < -0.3 is 9.09 Å². The molecule has 0 aliphatic heterocycles. The Morgan fingerprint density at radius 1 is 1.40 bits per heavy atom. The van der Waals surface area contributed by atoms with Crippen LogP contribution in [0.2, 0.25) is 0 Å². The molecule has 2 heterocycles. The number of hydrogen-bond donors (Lipinski definition) is 0. The molecule has 3 rings (SSSR count). The Morgan fingerprint density at radius 2 is 2.25 bits per heavy atom. The fourth-order valence-corrected chi connectivity index (χ4v) is 2.31. The maximum Gasteiger partial charge on any atom is 0.223 e. The fourth-order valence-electron chi connectivity index (χ4n) is 2.11. The number of nitrogens with zero attached hydrogens (tertiary/aromatic N) is 5. The van der Waals surface area contributed by atoms with Gasteiger partial charge in [-0.1, -0.05) is 11.2 Å². The normalized spacial score (nSPS) is 10.8. The summed E-state index contributed by atoms with van der Waals surface area (Å²) in [5.74, 6) is 1.98. The summed E-state index contributed by atoms with van der Waals surface area (Å²) in [6.45, 7) is 2.14. The molecule has 100 valence electrons. The van der Waals surface area contributed by atoms with E-state index in [2.05, 4.69) is 21.2 Å². The van der Waals surface area contributed by atoms with Crippen LogP contribution in [0.15, 0.2) is 22.7 Å². The number of alkyl halides is 1. The molecule has 0 unspecified atom stereocenters. The van der Waals surface area contributed by atoms with Gasteiger partial charge in [0.25, 0.3) is 0 Å². The van der Waals surface area contributed by atoms with Gasteiger partial charge in [0.05, 0.1) is 23.5 Å². The molecule has 0 saturated heterocycles. The third-order valence-corrected chi connectivity index (χ3v) is 3.21. The molecule has 0 saturated carbocycles. The van der Waals surface area contributed by atoms with E-state index in [-0.39, 0.29) is 5.88 Å². The van der Waals surface area contributed by atoms with Crippen molar-refractivity contribution in [3.8, 4) is 6.07 Å². The van der Waals surface area contributed by atoms with Gasteiger partial charge in [0.1, 0.15) is 17.4 Å². The molecular weight excluding hydrogens is 278 g/mol. The van der Waals surface area contributed by atoms with Gasteiger partial charge >= 0.3 is 0 Å². The molecule has 0 aliphatic carbocycles. The zero-order valence-electron chi connectivity index (χ0n) is 10.7. The Labute approximate surface area is 119 Å². The first kappa shape index (κ1) is 12.6. The highest BCUT2D eigenvalue weighted by Crippen LogP contribution is 2.21. The van der Waals surface area contributed by atoms with E-state index in [4.69, 9.17) is 21.4 Å². The number of hydrogen-bond acceptors (Lipinski definition) is 5. The molecule has 0 N–H and O–H groups in total. The number of rotatable bonds is 3. The van der Waals surface area contributed by atoms with E-state index in [9.17, 15) is 0 Å². The number of benzene rings is 1. The Hall–Kier alpha value is -2.39. The molecule has 7 heteroatoms. The van der Waals surface area contributed by atoms with Crippen molar-refractivity contribution >= 4 is 22.6 Å². The van der Waals surface area contributed by atoms with Crippen LogP contribution in [0, 0.1) is 18.3 Å². The topological polar surface area (TPSA) is 80.5 Å². The summed E-state index contributed by atoms with van der Waals surface area (Å²) >= 11 is 5.94. The van der Waals surface area contributed by atoms with Crippen LogP contribution in [-0.4, -0.2) is 19.7 Å². The van der Waals surface area contributed by atoms with Crippen molar-refractivity contribution < 1.29 is 4.52 Å². The van der Waals surface area contributed by atoms with E-state index in [1.807, 2.05) is 16.7 Å². The van der Waals surface area contributed by atoms with Gasteiger partial charge in [0, 0.05) is 6.92 Å². The minimum atomic E-state index is 0.246. The smallest absolute Gasteiger partial charge is 0.223 e.